The van der Waals surface area contributed by atoms with E-state index in [0.717, 1.165) is 47.2 Å². The lowest BCUT2D eigenvalue weighted by molar-refractivity contribution is 0.246. The van der Waals surface area contributed by atoms with Crippen LogP contribution >= 0.6 is 15.9 Å². The lowest BCUT2D eigenvalue weighted by Gasteiger charge is -2.31. The van der Waals surface area contributed by atoms with Crippen LogP contribution in [0.4, 0.5) is 4.39 Å². The first kappa shape index (κ1) is 15.5. The molecule has 0 aliphatic heterocycles. The first-order valence-electron chi connectivity index (χ1n) is 8.34. The Kier molecular flexibility index (Phi) is 5.00. The third-order valence-electron chi connectivity index (χ3n) is 5.34. The molecule has 4 unspecified atom stereocenters. The van der Waals surface area contributed by atoms with Gasteiger partial charge in [0.2, 0.25) is 0 Å². The Morgan fingerprint density at radius 3 is 2.76 bits per heavy atom. The summed E-state index contributed by atoms with van der Waals surface area (Å²) in [7, 11) is 0. The number of hydrogen-bond donors (Lipinski definition) is 1. The Morgan fingerprint density at radius 1 is 1.29 bits per heavy atom. The highest BCUT2D eigenvalue weighted by molar-refractivity contribution is 9.10. The minimum absolute atomic E-state index is 0.137. The van der Waals surface area contributed by atoms with E-state index in [2.05, 4.69) is 34.2 Å². The van der Waals surface area contributed by atoms with E-state index >= 15 is 0 Å². The van der Waals surface area contributed by atoms with Gasteiger partial charge in [0.15, 0.2) is 0 Å². The van der Waals surface area contributed by atoms with Crippen molar-refractivity contribution in [1.82, 2.24) is 5.32 Å². The SMILES string of the molecule is CCCNC(Cc1cc(F)cc(Br)c1)C1CC2CCC1C2. The van der Waals surface area contributed by atoms with Crippen LogP contribution < -0.4 is 5.32 Å². The summed E-state index contributed by atoms with van der Waals surface area (Å²) in [5.74, 6) is 2.52. The molecule has 0 aromatic heterocycles. The molecule has 1 aromatic rings. The zero-order chi connectivity index (χ0) is 14.8. The lowest BCUT2D eigenvalue weighted by Crippen LogP contribution is -2.40. The maximum Gasteiger partial charge on any atom is 0.124 e. The molecule has 3 heteroatoms. The van der Waals surface area contributed by atoms with E-state index in [1.165, 1.54) is 31.7 Å². The van der Waals surface area contributed by atoms with Crippen molar-refractivity contribution >= 4 is 15.9 Å². The number of nitrogens with one attached hydrogen (secondary N) is 1. The molecule has 2 aliphatic rings. The summed E-state index contributed by atoms with van der Waals surface area (Å²) in [5, 5.41) is 3.75. The van der Waals surface area contributed by atoms with E-state index in [1.807, 2.05) is 0 Å². The van der Waals surface area contributed by atoms with E-state index < -0.39 is 0 Å². The van der Waals surface area contributed by atoms with Crippen molar-refractivity contribution in [2.24, 2.45) is 17.8 Å². The molecule has 1 aromatic carbocycles. The standard InChI is InChI=1S/C18H25BrFN/c1-2-5-21-18(17-9-12-3-4-14(17)6-12)10-13-7-15(19)11-16(20)8-13/h7-8,11-12,14,17-18,21H,2-6,9-10H2,1H3. The molecular weight excluding hydrogens is 329 g/mol. The van der Waals surface area contributed by atoms with Gasteiger partial charge in [0.1, 0.15) is 5.82 Å². The van der Waals surface area contributed by atoms with Gasteiger partial charge < -0.3 is 5.32 Å². The smallest absolute Gasteiger partial charge is 0.124 e. The summed E-state index contributed by atoms with van der Waals surface area (Å²) in [6.07, 6.45) is 7.76. The summed E-state index contributed by atoms with van der Waals surface area (Å²) < 4.78 is 14.5. The Morgan fingerprint density at radius 2 is 2.14 bits per heavy atom. The Labute approximate surface area is 135 Å². The average molecular weight is 354 g/mol. The van der Waals surface area contributed by atoms with Crippen LogP contribution in [0.2, 0.25) is 0 Å². The van der Waals surface area contributed by atoms with E-state index in [0.29, 0.717) is 6.04 Å². The minimum atomic E-state index is -0.137. The van der Waals surface area contributed by atoms with E-state index in [9.17, 15) is 4.39 Å². The Bertz CT molecular complexity index is 470. The van der Waals surface area contributed by atoms with Gasteiger partial charge >= 0.3 is 0 Å². The van der Waals surface area contributed by atoms with E-state index in [-0.39, 0.29) is 5.82 Å². The Hall–Kier alpha value is -0.410. The van der Waals surface area contributed by atoms with Gasteiger partial charge in [0.25, 0.3) is 0 Å². The van der Waals surface area contributed by atoms with Crippen molar-refractivity contribution < 1.29 is 4.39 Å². The van der Waals surface area contributed by atoms with Crippen LogP contribution in [0.15, 0.2) is 22.7 Å². The second kappa shape index (κ2) is 6.78. The third-order valence-corrected chi connectivity index (χ3v) is 5.80. The van der Waals surface area contributed by atoms with Crippen LogP contribution in [0.1, 0.15) is 44.6 Å². The molecule has 0 amide bonds. The normalized spacial score (nSPS) is 29.0. The number of benzene rings is 1. The number of rotatable bonds is 6. The lowest BCUT2D eigenvalue weighted by atomic mass is 9.81. The number of hydrogen-bond acceptors (Lipinski definition) is 1. The first-order chi connectivity index (χ1) is 10.2. The highest BCUT2D eigenvalue weighted by Crippen LogP contribution is 2.49. The fourth-order valence-corrected chi connectivity index (χ4v) is 4.99. The van der Waals surface area contributed by atoms with Crippen molar-refractivity contribution in [1.29, 1.82) is 0 Å². The first-order valence-corrected chi connectivity index (χ1v) is 9.13. The van der Waals surface area contributed by atoms with Crippen LogP contribution in [0, 0.1) is 23.6 Å². The maximum absolute atomic E-state index is 13.6. The van der Waals surface area contributed by atoms with Crippen molar-refractivity contribution in [2.45, 2.75) is 51.5 Å². The molecule has 1 nitrogen and oxygen atoms in total. The van der Waals surface area contributed by atoms with Gasteiger partial charge in [-0.25, -0.2) is 4.39 Å². The monoisotopic (exact) mass is 353 g/mol. The van der Waals surface area contributed by atoms with Gasteiger partial charge in [-0.3, -0.25) is 0 Å². The topological polar surface area (TPSA) is 12.0 Å². The zero-order valence-corrected chi connectivity index (χ0v) is 14.3. The molecule has 1 N–H and O–H groups in total. The molecule has 3 rings (SSSR count). The van der Waals surface area contributed by atoms with Crippen LogP contribution in [-0.4, -0.2) is 12.6 Å². The fourth-order valence-electron chi connectivity index (χ4n) is 4.47. The summed E-state index contributed by atoms with van der Waals surface area (Å²) >= 11 is 3.41. The number of fused-ring (bicyclic) bond motifs is 2. The molecule has 0 radical (unpaired) electrons. The van der Waals surface area contributed by atoms with Crippen LogP contribution in [-0.2, 0) is 6.42 Å². The Balaban J connectivity index is 1.72. The fraction of sp³-hybridized carbons (Fsp3) is 0.667. The van der Waals surface area contributed by atoms with Gasteiger partial charge in [-0.05, 0) is 80.2 Å². The van der Waals surface area contributed by atoms with Crippen molar-refractivity contribution in [3.63, 3.8) is 0 Å². The molecule has 2 aliphatic carbocycles. The molecule has 116 valence electrons. The average Bonchev–Trinajstić information content (AvgIpc) is 3.05. The molecule has 0 saturated heterocycles. The second-order valence-corrected chi connectivity index (χ2v) is 7.80. The number of halogens is 2. The van der Waals surface area contributed by atoms with Crippen molar-refractivity contribution in [3.05, 3.63) is 34.1 Å². The van der Waals surface area contributed by atoms with Crippen molar-refractivity contribution in [2.75, 3.05) is 6.54 Å². The minimum Gasteiger partial charge on any atom is -0.313 e. The quantitative estimate of drug-likeness (QED) is 0.763. The van der Waals surface area contributed by atoms with Gasteiger partial charge in [-0.2, -0.15) is 0 Å². The largest absolute Gasteiger partial charge is 0.313 e. The molecule has 2 bridgehead atoms. The van der Waals surface area contributed by atoms with E-state index in [4.69, 9.17) is 0 Å². The highest BCUT2D eigenvalue weighted by Gasteiger charge is 2.42. The van der Waals surface area contributed by atoms with Crippen LogP contribution in [0.3, 0.4) is 0 Å². The van der Waals surface area contributed by atoms with Crippen LogP contribution in [0.25, 0.3) is 0 Å². The molecular formula is C18H25BrFN. The van der Waals surface area contributed by atoms with Crippen molar-refractivity contribution in [3.8, 4) is 0 Å². The molecule has 2 saturated carbocycles. The van der Waals surface area contributed by atoms with E-state index in [1.54, 1.807) is 6.07 Å². The van der Waals surface area contributed by atoms with Gasteiger partial charge in [-0.1, -0.05) is 29.3 Å². The van der Waals surface area contributed by atoms with Gasteiger partial charge in [-0.15, -0.1) is 0 Å². The molecule has 0 spiro atoms. The predicted octanol–water partition coefficient (Wildman–Crippen LogP) is 4.94. The van der Waals surface area contributed by atoms with Gasteiger partial charge in [0.05, 0.1) is 0 Å². The molecule has 21 heavy (non-hydrogen) atoms. The predicted molar refractivity (Wildman–Crippen MR) is 88.8 cm³/mol. The summed E-state index contributed by atoms with van der Waals surface area (Å²) in [5.41, 5.74) is 1.11. The second-order valence-electron chi connectivity index (χ2n) is 6.88. The molecule has 4 atom stereocenters. The molecule has 2 fully saturated rings. The van der Waals surface area contributed by atoms with Crippen LogP contribution in [0.5, 0.6) is 0 Å². The summed E-state index contributed by atoms with van der Waals surface area (Å²) in [4.78, 5) is 0. The highest BCUT2D eigenvalue weighted by atomic mass is 79.9. The maximum atomic E-state index is 13.6. The summed E-state index contributed by atoms with van der Waals surface area (Å²) in [6, 6.07) is 5.80. The zero-order valence-electron chi connectivity index (χ0n) is 12.7. The third kappa shape index (κ3) is 3.68. The van der Waals surface area contributed by atoms with Gasteiger partial charge in [0, 0.05) is 10.5 Å². The summed E-state index contributed by atoms with van der Waals surface area (Å²) in [6.45, 7) is 3.28. The molecule has 0 heterocycles.